The fourth-order valence-corrected chi connectivity index (χ4v) is 8.58. The van der Waals surface area contributed by atoms with Crippen LogP contribution < -0.4 is 15.4 Å². The van der Waals surface area contributed by atoms with E-state index in [-0.39, 0.29) is 45.3 Å². The van der Waals surface area contributed by atoms with Gasteiger partial charge in [-0.25, -0.2) is 17.6 Å². The number of rotatable bonds is 7. The lowest BCUT2D eigenvalue weighted by molar-refractivity contribution is -0.143. The number of nitrogens with zero attached hydrogens (tertiary/aromatic N) is 2. The summed E-state index contributed by atoms with van der Waals surface area (Å²) in [6.45, 7) is 2.85. The standard InChI is InChI=1S/C35H46FN5O9S/c1-34(2,47)17-29(42)37-27-12-7-5-3-4-6-10-22-16-35(22,32(45)39-51(48,49)24-13-14-24)38-30(43)28-15-23(19-41(28)31(27)44)50-33(46)40-18-21-9-8-11-26(36)25(21)20-40/h6,8-11,22-24,27-28,47H,3-5,7,12-20H2,1-2H3,(H,37,42)(H,38,43)(H,39,45)/b10-6-/t22-,23-,27+,28+,35-/m1/s1. The van der Waals surface area contributed by atoms with Gasteiger partial charge in [-0.1, -0.05) is 37.1 Å². The van der Waals surface area contributed by atoms with Crippen molar-refractivity contribution in [2.24, 2.45) is 5.92 Å². The third-order valence-electron chi connectivity index (χ3n) is 10.2. The first kappa shape index (κ1) is 36.7. The van der Waals surface area contributed by atoms with Crippen LogP contribution in [0.5, 0.6) is 0 Å². The summed E-state index contributed by atoms with van der Waals surface area (Å²) in [5, 5.41) is 15.1. The molecular weight excluding hydrogens is 685 g/mol. The Bertz CT molecular complexity index is 1730. The summed E-state index contributed by atoms with van der Waals surface area (Å²) < 4.78 is 47.8. The van der Waals surface area contributed by atoms with E-state index >= 15 is 0 Å². The van der Waals surface area contributed by atoms with Crippen molar-refractivity contribution < 1.29 is 46.6 Å². The summed E-state index contributed by atoms with van der Waals surface area (Å²) in [7, 11) is -3.92. The van der Waals surface area contributed by atoms with Crippen molar-refractivity contribution in [1.82, 2.24) is 25.2 Å². The molecule has 0 unspecified atom stereocenters. The maximum Gasteiger partial charge on any atom is 0.410 e. The molecule has 5 amide bonds. The van der Waals surface area contributed by atoms with Crippen LogP contribution in [0.4, 0.5) is 9.18 Å². The highest BCUT2D eigenvalue weighted by molar-refractivity contribution is 7.91. The molecule has 1 aromatic carbocycles. The largest absolute Gasteiger partial charge is 0.444 e. The molecule has 2 aliphatic carbocycles. The monoisotopic (exact) mass is 731 g/mol. The lowest BCUT2D eigenvalue weighted by Crippen LogP contribution is -2.58. The molecule has 4 N–H and O–H groups in total. The van der Waals surface area contributed by atoms with Crippen molar-refractivity contribution in [3.05, 3.63) is 47.3 Å². The molecule has 0 spiro atoms. The topological polar surface area (TPSA) is 192 Å². The van der Waals surface area contributed by atoms with Gasteiger partial charge in [-0.15, -0.1) is 0 Å². The highest BCUT2D eigenvalue weighted by Crippen LogP contribution is 2.46. The van der Waals surface area contributed by atoms with Crippen LogP contribution in [-0.2, 0) is 47.0 Å². The first-order valence-corrected chi connectivity index (χ1v) is 19.2. The zero-order valence-corrected chi connectivity index (χ0v) is 29.7. The molecule has 5 aliphatic rings. The summed E-state index contributed by atoms with van der Waals surface area (Å²) >= 11 is 0. The van der Waals surface area contributed by atoms with Gasteiger partial charge in [0.2, 0.25) is 27.7 Å². The highest BCUT2D eigenvalue weighted by atomic mass is 32.2. The molecule has 2 saturated carbocycles. The number of nitrogens with one attached hydrogen (secondary N) is 3. The summed E-state index contributed by atoms with van der Waals surface area (Å²) in [5.41, 5.74) is -1.88. The maximum atomic E-state index is 14.4. The number of hydrogen-bond acceptors (Lipinski definition) is 9. The van der Waals surface area contributed by atoms with Crippen molar-refractivity contribution >= 4 is 39.7 Å². The van der Waals surface area contributed by atoms with Gasteiger partial charge in [-0.05, 0) is 64.0 Å². The molecule has 0 bridgehead atoms. The molecule has 5 atom stereocenters. The second-order valence-corrected chi connectivity index (χ2v) is 17.1. The second kappa shape index (κ2) is 14.2. The molecule has 3 heterocycles. The average Bonchev–Trinajstić information content (AvgIpc) is 3.93. The van der Waals surface area contributed by atoms with E-state index in [1.807, 2.05) is 12.2 Å². The number of aliphatic hydroxyl groups is 1. The molecule has 6 rings (SSSR count). The average molecular weight is 732 g/mol. The Hall–Kier alpha value is -4.05. The smallest absolute Gasteiger partial charge is 0.410 e. The van der Waals surface area contributed by atoms with E-state index in [0.29, 0.717) is 43.2 Å². The third kappa shape index (κ3) is 8.37. The Kier molecular flexibility index (Phi) is 10.2. The highest BCUT2D eigenvalue weighted by Gasteiger charge is 2.62. The van der Waals surface area contributed by atoms with Gasteiger partial charge in [0.05, 0.1) is 30.4 Å². The zero-order chi connectivity index (χ0) is 36.7. The first-order valence-electron chi connectivity index (χ1n) is 17.6. The Balaban J connectivity index is 1.25. The van der Waals surface area contributed by atoms with Crippen LogP contribution >= 0.6 is 0 Å². The number of amides is 5. The number of hydrogen-bond donors (Lipinski definition) is 4. The van der Waals surface area contributed by atoms with E-state index in [2.05, 4.69) is 15.4 Å². The molecule has 51 heavy (non-hydrogen) atoms. The van der Waals surface area contributed by atoms with Crippen molar-refractivity contribution in [1.29, 1.82) is 0 Å². The fraction of sp³-hybridized carbons (Fsp3) is 0.629. The molecule has 14 nitrogen and oxygen atoms in total. The minimum absolute atomic E-state index is 0.00820. The van der Waals surface area contributed by atoms with E-state index < -0.39 is 86.1 Å². The van der Waals surface area contributed by atoms with E-state index in [1.54, 1.807) is 12.1 Å². The van der Waals surface area contributed by atoms with E-state index in [9.17, 15) is 41.9 Å². The van der Waals surface area contributed by atoms with Crippen LogP contribution in [-0.4, -0.2) is 94.2 Å². The number of sulfonamides is 1. The zero-order valence-electron chi connectivity index (χ0n) is 28.9. The molecule has 16 heteroatoms. The van der Waals surface area contributed by atoms with Crippen molar-refractivity contribution in [3.63, 3.8) is 0 Å². The molecule has 0 aromatic heterocycles. The lowest BCUT2D eigenvalue weighted by Gasteiger charge is -2.30. The van der Waals surface area contributed by atoms with Crippen molar-refractivity contribution in [3.8, 4) is 0 Å². The number of benzene rings is 1. The molecular formula is C35H46FN5O9S. The van der Waals surface area contributed by atoms with Gasteiger partial charge in [0.25, 0.3) is 5.91 Å². The lowest BCUT2D eigenvalue weighted by atomic mass is 10.0. The van der Waals surface area contributed by atoms with Crippen LogP contribution in [0, 0.1) is 11.7 Å². The minimum atomic E-state index is -3.92. The van der Waals surface area contributed by atoms with Gasteiger partial charge in [-0.2, -0.15) is 0 Å². The van der Waals surface area contributed by atoms with Gasteiger partial charge in [0.15, 0.2) is 0 Å². The van der Waals surface area contributed by atoms with Gasteiger partial charge >= 0.3 is 6.09 Å². The molecule has 278 valence electrons. The van der Waals surface area contributed by atoms with Crippen molar-refractivity contribution in [2.45, 2.75) is 126 Å². The van der Waals surface area contributed by atoms with Crippen LogP contribution in [0.15, 0.2) is 30.4 Å². The molecule has 1 aromatic rings. The quantitative estimate of drug-likeness (QED) is 0.304. The summed E-state index contributed by atoms with van der Waals surface area (Å²) in [4.78, 5) is 70.8. The molecule has 0 radical (unpaired) electrons. The fourth-order valence-electron chi connectivity index (χ4n) is 7.21. The predicted molar refractivity (Wildman–Crippen MR) is 180 cm³/mol. The Labute approximate surface area is 296 Å². The summed E-state index contributed by atoms with van der Waals surface area (Å²) in [5.74, 6) is -3.65. The number of allylic oxidation sites excluding steroid dienone is 1. The Morgan fingerprint density at radius 3 is 2.59 bits per heavy atom. The van der Waals surface area contributed by atoms with Crippen LogP contribution in [0.2, 0.25) is 0 Å². The number of ether oxygens (including phenoxy) is 1. The molecule has 3 aliphatic heterocycles. The minimum Gasteiger partial charge on any atom is -0.444 e. The van der Waals surface area contributed by atoms with Gasteiger partial charge in [0.1, 0.15) is 29.5 Å². The van der Waals surface area contributed by atoms with Crippen LogP contribution in [0.25, 0.3) is 0 Å². The summed E-state index contributed by atoms with van der Waals surface area (Å²) in [6, 6.07) is 2.29. The molecule has 1 saturated heterocycles. The number of halogens is 1. The third-order valence-corrected chi connectivity index (χ3v) is 12.0. The van der Waals surface area contributed by atoms with Crippen LogP contribution in [0.3, 0.4) is 0 Å². The number of carbonyl (C=O) groups excluding carboxylic acids is 5. The van der Waals surface area contributed by atoms with E-state index in [4.69, 9.17) is 4.74 Å². The summed E-state index contributed by atoms with van der Waals surface area (Å²) in [6.07, 6.45) is 5.55. The van der Waals surface area contributed by atoms with Crippen molar-refractivity contribution in [2.75, 3.05) is 6.54 Å². The maximum absolute atomic E-state index is 14.4. The molecule has 3 fully saturated rings. The van der Waals surface area contributed by atoms with Gasteiger partial charge in [-0.3, -0.25) is 28.8 Å². The van der Waals surface area contributed by atoms with E-state index in [1.165, 1.54) is 29.7 Å². The number of carbonyl (C=O) groups is 5. The Morgan fingerprint density at radius 2 is 1.88 bits per heavy atom. The normalized spacial score (nSPS) is 29.0. The Morgan fingerprint density at radius 1 is 1.12 bits per heavy atom. The second-order valence-electron chi connectivity index (χ2n) is 15.1. The van der Waals surface area contributed by atoms with Gasteiger partial charge in [0, 0.05) is 24.4 Å². The van der Waals surface area contributed by atoms with Crippen LogP contribution in [0.1, 0.15) is 89.2 Å². The number of fused-ring (bicyclic) bond motifs is 3. The SMILES string of the molecule is CC(C)(O)CC(=O)N[C@H]1CCCCC/C=C\[C@@H]2C[C@@]2(C(=O)NS(=O)(=O)C2CC2)NC(=O)[C@@H]2C[C@@H](OC(=O)N3Cc4cccc(F)c4C3)CN2C1=O. The van der Waals surface area contributed by atoms with E-state index in [0.717, 1.165) is 6.42 Å². The first-order chi connectivity index (χ1) is 24.1. The van der Waals surface area contributed by atoms with Gasteiger partial charge < -0.3 is 25.4 Å². The predicted octanol–water partition coefficient (Wildman–Crippen LogP) is 1.90.